The van der Waals surface area contributed by atoms with Gasteiger partial charge in [-0.1, -0.05) is 0 Å². The van der Waals surface area contributed by atoms with Crippen LogP contribution in [-0.4, -0.2) is 30.4 Å². The maximum atomic E-state index is 13.7. The van der Waals surface area contributed by atoms with Gasteiger partial charge in [-0.05, 0) is 45.4 Å². The second kappa shape index (κ2) is 5.47. The van der Waals surface area contributed by atoms with Crippen molar-refractivity contribution >= 4 is 5.69 Å². The molecule has 1 aromatic carbocycles. The average Bonchev–Trinajstić information content (AvgIpc) is 2.30. The van der Waals surface area contributed by atoms with E-state index in [1.165, 1.54) is 6.07 Å². The van der Waals surface area contributed by atoms with Crippen LogP contribution >= 0.6 is 0 Å². The van der Waals surface area contributed by atoms with Gasteiger partial charge in [0.2, 0.25) is 0 Å². The van der Waals surface area contributed by atoms with Crippen molar-refractivity contribution in [3.8, 4) is 0 Å². The number of rotatable bonds is 2. The van der Waals surface area contributed by atoms with Crippen LogP contribution in [-0.2, 0) is 4.74 Å². The van der Waals surface area contributed by atoms with Gasteiger partial charge in [0.1, 0.15) is 5.82 Å². The SMILES string of the molecule is Cc1cc(N2CC(C)OC(C)C2)c(C(C)O)cc1F. The summed E-state index contributed by atoms with van der Waals surface area (Å²) in [5, 5.41) is 9.86. The molecule has 106 valence electrons. The number of hydrogen-bond donors (Lipinski definition) is 1. The summed E-state index contributed by atoms with van der Waals surface area (Å²) in [5.41, 5.74) is 2.16. The van der Waals surface area contributed by atoms with E-state index in [2.05, 4.69) is 4.90 Å². The Morgan fingerprint density at radius 1 is 1.32 bits per heavy atom. The van der Waals surface area contributed by atoms with Crippen LogP contribution in [0, 0.1) is 12.7 Å². The molecule has 3 nitrogen and oxygen atoms in total. The molecule has 2 rings (SSSR count). The van der Waals surface area contributed by atoms with Crippen molar-refractivity contribution in [2.75, 3.05) is 18.0 Å². The van der Waals surface area contributed by atoms with Crippen LogP contribution in [0.5, 0.6) is 0 Å². The molecule has 0 spiro atoms. The standard InChI is InChI=1S/C15H22FNO2/c1-9-5-15(13(12(4)18)6-14(9)16)17-7-10(2)19-11(3)8-17/h5-6,10-12,18H,7-8H2,1-4H3. The number of benzene rings is 1. The summed E-state index contributed by atoms with van der Waals surface area (Å²) in [6, 6.07) is 3.27. The van der Waals surface area contributed by atoms with Gasteiger partial charge in [-0.2, -0.15) is 0 Å². The minimum absolute atomic E-state index is 0.135. The molecule has 0 amide bonds. The zero-order valence-electron chi connectivity index (χ0n) is 12.0. The molecule has 19 heavy (non-hydrogen) atoms. The second-order valence-electron chi connectivity index (χ2n) is 5.50. The molecule has 4 heteroatoms. The molecule has 1 heterocycles. The number of ether oxygens (including phenoxy) is 1. The van der Waals surface area contributed by atoms with Crippen LogP contribution in [0.25, 0.3) is 0 Å². The van der Waals surface area contributed by atoms with Crippen LogP contribution in [0.4, 0.5) is 10.1 Å². The van der Waals surface area contributed by atoms with Crippen molar-refractivity contribution < 1.29 is 14.2 Å². The smallest absolute Gasteiger partial charge is 0.126 e. The number of halogens is 1. The Morgan fingerprint density at radius 2 is 1.89 bits per heavy atom. The highest BCUT2D eigenvalue weighted by atomic mass is 19.1. The molecule has 3 unspecified atom stereocenters. The maximum absolute atomic E-state index is 13.7. The molecule has 0 aromatic heterocycles. The second-order valence-corrected chi connectivity index (χ2v) is 5.50. The fourth-order valence-electron chi connectivity index (χ4n) is 2.66. The first-order valence-electron chi connectivity index (χ1n) is 6.77. The Bertz CT molecular complexity index is 452. The highest BCUT2D eigenvalue weighted by Crippen LogP contribution is 2.31. The van der Waals surface area contributed by atoms with Crippen molar-refractivity contribution in [2.45, 2.75) is 46.0 Å². The van der Waals surface area contributed by atoms with Gasteiger partial charge in [0.15, 0.2) is 0 Å². The van der Waals surface area contributed by atoms with Crippen LogP contribution in [0.15, 0.2) is 12.1 Å². The topological polar surface area (TPSA) is 32.7 Å². The predicted octanol–water partition coefficient (Wildman–Crippen LogP) is 2.80. The molecule has 3 atom stereocenters. The Morgan fingerprint density at radius 3 is 2.42 bits per heavy atom. The van der Waals surface area contributed by atoms with Gasteiger partial charge in [-0.25, -0.2) is 4.39 Å². The highest BCUT2D eigenvalue weighted by molar-refractivity contribution is 5.57. The average molecular weight is 267 g/mol. The first kappa shape index (κ1) is 14.3. The van der Waals surface area contributed by atoms with E-state index in [0.717, 1.165) is 18.8 Å². The normalized spacial score (nSPS) is 25.5. The number of morpholine rings is 1. The van der Waals surface area contributed by atoms with Crippen LogP contribution in [0.3, 0.4) is 0 Å². The van der Waals surface area contributed by atoms with Gasteiger partial charge in [0.05, 0.1) is 18.3 Å². The number of nitrogens with zero attached hydrogens (tertiary/aromatic N) is 1. The van der Waals surface area contributed by atoms with Crippen molar-refractivity contribution in [1.29, 1.82) is 0 Å². The largest absolute Gasteiger partial charge is 0.389 e. The van der Waals surface area contributed by atoms with E-state index >= 15 is 0 Å². The van der Waals surface area contributed by atoms with E-state index in [1.807, 2.05) is 19.9 Å². The lowest BCUT2D eigenvalue weighted by atomic mass is 10.0. The summed E-state index contributed by atoms with van der Waals surface area (Å²) in [7, 11) is 0. The Hall–Kier alpha value is -1.13. The van der Waals surface area contributed by atoms with Crippen molar-refractivity contribution in [3.05, 3.63) is 29.1 Å². The molecule has 1 aliphatic rings. The van der Waals surface area contributed by atoms with E-state index in [4.69, 9.17) is 4.74 Å². The van der Waals surface area contributed by atoms with Gasteiger partial charge in [0, 0.05) is 24.3 Å². The third-order valence-electron chi connectivity index (χ3n) is 3.52. The zero-order chi connectivity index (χ0) is 14.2. The number of hydrogen-bond acceptors (Lipinski definition) is 3. The van der Waals surface area contributed by atoms with Gasteiger partial charge in [-0.15, -0.1) is 0 Å². The summed E-state index contributed by atoms with van der Waals surface area (Å²) in [5.74, 6) is -0.269. The fourth-order valence-corrected chi connectivity index (χ4v) is 2.66. The van der Waals surface area contributed by atoms with Crippen LogP contribution in [0.2, 0.25) is 0 Å². The quantitative estimate of drug-likeness (QED) is 0.894. The summed E-state index contributed by atoms with van der Waals surface area (Å²) in [6.45, 7) is 8.99. The molecular formula is C15H22FNO2. The molecule has 0 radical (unpaired) electrons. The molecule has 1 fully saturated rings. The molecule has 0 aliphatic carbocycles. The van der Waals surface area contributed by atoms with Crippen molar-refractivity contribution in [1.82, 2.24) is 0 Å². The fraction of sp³-hybridized carbons (Fsp3) is 0.600. The van der Waals surface area contributed by atoms with Crippen molar-refractivity contribution in [2.24, 2.45) is 0 Å². The minimum Gasteiger partial charge on any atom is -0.389 e. The molecule has 1 N–H and O–H groups in total. The number of aliphatic hydroxyl groups is 1. The van der Waals surface area contributed by atoms with Gasteiger partial charge >= 0.3 is 0 Å². The molecule has 0 saturated carbocycles. The van der Waals surface area contributed by atoms with E-state index < -0.39 is 6.10 Å². The summed E-state index contributed by atoms with van der Waals surface area (Å²) in [6.07, 6.45) is -0.412. The summed E-state index contributed by atoms with van der Waals surface area (Å²) < 4.78 is 19.4. The Kier molecular flexibility index (Phi) is 4.11. The van der Waals surface area contributed by atoms with E-state index in [-0.39, 0.29) is 18.0 Å². The molecule has 1 aromatic rings. The lowest BCUT2D eigenvalue weighted by molar-refractivity contribution is -0.00538. The minimum atomic E-state index is -0.682. The third-order valence-corrected chi connectivity index (χ3v) is 3.52. The highest BCUT2D eigenvalue weighted by Gasteiger charge is 2.25. The van der Waals surface area contributed by atoms with Crippen molar-refractivity contribution in [3.63, 3.8) is 0 Å². The van der Waals surface area contributed by atoms with Gasteiger partial charge in [-0.3, -0.25) is 0 Å². The van der Waals surface area contributed by atoms with E-state index in [1.54, 1.807) is 13.8 Å². The monoisotopic (exact) mass is 267 g/mol. The first-order chi connectivity index (χ1) is 8.88. The van der Waals surface area contributed by atoms with E-state index in [9.17, 15) is 9.50 Å². The third kappa shape index (κ3) is 3.07. The Labute approximate surface area is 114 Å². The lowest BCUT2D eigenvalue weighted by Gasteiger charge is -2.38. The summed E-state index contributed by atoms with van der Waals surface area (Å²) in [4.78, 5) is 2.17. The van der Waals surface area contributed by atoms with Gasteiger partial charge < -0.3 is 14.7 Å². The van der Waals surface area contributed by atoms with E-state index in [0.29, 0.717) is 11.1 Å². The number of anilines is 1. The van der Waals surface area contributed by atoms with Gasteiger partial charge in [0.25, 0.3) is 0 Å². The predicted molar refractivity (Wildman–Crippen MR) is 74.0 cm³/mol. The molecular weight excluding hydrogens is 245 g/mol. The lowest BCUT2D eigenvalue weighted by Crippen LogP contribution is -2.46. The summed E-state index contributed by atoms with van der Waals surface area (Å²) >= 11 is 0. The molecule has 1 aliphatic heterocycles. The maximum Gasteiger partial charge on any atom is 0.126 e. The Balaban J connectivity index is 2.40. The molecule has 0 bridgehead atoms. The first-order valence-corrected chi connectivity index (χ1v) is 6.77. The van der Waals surface area contributed by atoms with Crippen LogP contribution < -0.4 is 4.90 Å². The van der Waals surface area contributed by atoms with Crippen LogP contribution in [0.1, 0.15) is 38.0 Å². The number of aliphatic hydroxyl groups excluding tert-OH is 1. The zero-order valence-corrected chi connectivity index (χ0v) is 12.0. The molecule has 1 saturated heterocycles. The number of aryl methyl sites for hydroxylation is 1.